The predicted molar refractivity (Wildman–Crippen MR) is 107 cm³/mol. The zero-order valence-electron chi connectivity index (χ0n) is 16.6. The van der Waals surface area contributed by atoms with Crippen LogP contribution in [0.5, 0.6) is 0 Å². The molecule has 0 spiro atoms. The molecule has 0 bridgehead atoms. The molecule has 0 saturated carbocycles. The third kappa shape index (κ3) is 3.37. The summed E-state index contributed by atoms with van der Waals surface area (Å²) in [7, 11) is 1.86. The van der Waals surface area contributed by atoms with E-state index in [1.807, 2.05) is 20.0 Å². The molecule has 150 valence electrons. The lowest BCUT2D eigenvalue weighted by molar-refractivity contribution is 0.621. The molecule has 2 N–H and O–H groups in total. The van der Waals surface area contributed by atoms with Crippen molar-refractivity contribution in [3.05, 3.63) is 58.8 Å². The topological polar surface area (TPSA) is 124 Å². The van der Waals surface area contributed by atoms with Gasteiger partial charge in [-0.25, -0.2) is 19.0 Å². The number of benzene rings is 1. The zero-order valence-corrected chi connectivity index (χ0v) is 16.6. The summed E-state index contributed by atoms with van der Waals surface area (Å²) < 4.78 is 18.0. The molecule has 0 amide bonds. The molecule has 3 heterocycles. The van der Waals surface area contributed by atoms with Gasteiger partial charge < -0.3 is 5.73 Å². The van der Waals surface area contributed by atoms with E-state index < -0.39 is 5.82 Å². The number of nitrogens with two attached hydrogens (primary N) is 1. The minimum Gasteiger partial charge on any atom is -0.381 e. The maximum absolute atomic E-state index is 14.7. The van der Waals surface area contributed by atoms with Crippen LogP contribution in [0.4, 0.5) is 10.2 Å². The summed E-state index contributed by atoms with van der Waals surface area (Å²) in [5, 5.41) is 21.7. The number of nitriles is 1. The van der Waals surface area contributed by atoms with Crippen LogP contribution < -0.4 is 5.73 Å². The van der Waals surface area contributed by atoms with Crippen molar-refractivity contribution in [2.75, 3.05) is 5.73 Å². The summed E-state index contributed by atoms with van der Waals surface area (Å²) in [6.45, 7) is 4.11. The third-order valence-corrected chi connectivity index (χ3v) is 4.84. The minimum atomic E-state index is -0.770. The van der Waals surface area contributed by atoms with E-state index in [2.05, 4.69) is 31.4 Å². The molecule has 0 radical (unpaired) electrons. The highest BCUT2D eigenvalue weighted by atomic mass is 19.1. The third-order valence-electron chi connectivity index (χ3n) is 4.84. The fraction of sp³-hybridized carbons (Fsp3) is 0.200. The first kappa shape index (κ1) is 19.2. The van der Waals surface area contributed by atoms with Gasteiger partial charge in [0.25, 0.3) is 0 Å². The maximum atomic E-state index is 14.7. The maximum Gasteiger partial charge on any atom is 0.193 e. The van der Waals surface area contributed by atoms with Crippen LogP contribution in [0.1, 0.15) is 22.5 Å². The minimum absolute atomic E-state index is 0.0530. The van der Waals surface area contributed by atoms with E-state index in [0.717, 1.165) is 11.4 Å². The smallest absolute Gasteiger partial charge is 0.193 e. The van der Waals surface area contributed by atoms with Crippen LogP contribution in [0, 0.1) is 31.0 Å². The lowest BCUT2D eigenvalue weighted by Gasteiger charge is -2.09. The summed E-state index contributed by atoms with van der Waals surface area (Å²) in [5.41, 5.74) is 9.56. The van der Waals surface area contributed by atoms with Gasteiger partial charge in [-0.05, 0) is 31.5 Å². The average molecular weight is 403 g/mol. The van der Waals surface area contributed by atoms with Gasteiger partial charge in [-0.3, -0.25) is 4.68 Å². The van der Waals surface area contributed by atoms with Crippen LogP contribution in [-0.4, -0.2) is 34.7 Å². The van der Waals surface area contributed by atoms with Crippen LogP contribution in [0.2, 0.25) is 0 Å². The van der Waals surface area contributed by atoms with Gasteiger partial charge in [0.15, 0.2) is 17.5 Å². The van der Waals surface area contributed by atoms with Gasteiger partial charge in [-0.15, -0.1) is 5.10 Å². The normalized spacial score (nSPS) is 10.9. The monoisotopic (exact) mass is 403 g/mol. The van der Waals surface area contributed by atoms with Crippen LogP contribution in [0.3, 0.4) is 0 Å². The van der Waals surface area contributed by atoms with Crippen molar-refractivity contribution < 1.29 is 4.39 Å². The van der Waals surface area contributed by atoms with Crippen molar-refractivity contribution in [1.29, 1.82) is 5.26 Å². The Morgan fingerprint density at radius 1 is 1.23 bits per heavy atom. The molecule has 10 heteroatoms. The number of nitrogens with zero attached hydrogens (tertiary/aromatic N) is 8. The van der Waals surface area contributed by atoms with E-state index in [9.17, 15) is 9.65 Å². The van der Waals surface area contributed by atoms with Gasteiger partial charge in [0.2, 0.25) is 0 Å². The van der Waals surface area contributed by atoms with E-state index in [-0.39, 0.29) is 23.0 Å². The molecule has 0 aliphatic carbocycles. The fourth-order valence-corrected chi connectivity index (χ4v) is 3.12. The fourth-order valence-electron chi connectivity index (χ4n) is 3.12. The van der Waals surface area contributed by atoms with Crippen molar-refractivity contribution >= 4 is 5.82 Å². The highest BCUT2D eigenvalue weighted by molar-refractivity contribution is 5.69. The number of halogens is 1. The standard InChI is InChI=1S/C20H18FN9/c1-11-7-14(27-29(11)3)9-30-10-16(26-28-30)18-17(21)19(23)25-20(24-18)15-6-4-5-13(8-22)12(15)2/h4-7,10H,9H2,1-3H3,(H2,23,24,25). The number of rotatable bonds is 4. The second kappa shape index (κ2) is 7.36. The molecule has 0 aliphatic heterocycles. The second-order valence-corrected chi connectivity index (χ2v) is 6.89. The molecule has 9 nitrogen and oxygen atoms in total. The number of nitrogen functional groups attached to an aromatic ring is 1. The van der Waals surface area contributed by atoms with Crippen molar-refractivity contribution in [2.24, 2.45) is 7.05 Å². The van der Waals surface area contributed by atoms with Gasteiger partial charge in [-0.1, -0.05) is 17.3 Å². The molecule has 0 saturated heterocycles. The first-order chi connectivity index (χ1) is 14.4. The van der Waals surface area contributed by atoms with E-state index in [1.54, 1.807) is 40.7 Å². The molecule has 3 aromatic heterocycles. The number of aromatic nitrogens is 7. The molecule has 4 aromatic rings. The van der Waals surface area contributed by atoms with Gasteiger partial charge >= 0.3 is 0 Å². The Bertz CT molecular complexity index is 1280. The predicted octanol–water partition coefficient (Wildman–Crippen LogP) is 2.39. The lowest BCUT2D eigenvalue weighted by Crippen LogP contribution is -2.04. The van der Waals surface area contributed by atoms with E-state index in [0.29, 0.717) is 23.2 Å². The lowest BCUT2D eigenvalue weighted by atomic mass is 10.0. The quantitative estimate of drug-likeness (QED) is 0.555. The number of hydrogen-bond donors (Lipinski definition) is 1. The molecule has 0 aliphatic rings. The van der Waals surface area contributed by atoms with Gasteiger partial charge in [0, 0.05) is 18.3 Å². The van der Waals surface area contributed by atoms with Crippen molar-refractivity contribution in [3.63, 3.8) is 0 Å². The van der Waals surface area contributed by atoms with Gasteiger partial charge in [0.05, 0.1) is 30.1 Å². The van der Waals surface area contributed by atoms with Gasteiger partial charge in [-0.2, -0.15) is 10.4 Å². The van der Waals surface area contributed by atoms with E-state index >= 15 is 0 Å². The largest absolute Gasteiger partial charge is 0.381 e. The number of anilines is 1. The Labute approximate surface area is 171 Å². The molecule has 4 rings (SSSR count). The Morgan fingerprint density at radius 3 is 2.73 bits per heavy atom. The molecule has 1 aromatic carbocycles. The van der Waals surface area contributed by atoms with Crippen LogP contribution in [0.15, 0.2) is 30.5 Å². The zero-order chi connectivity index (χ0) is 21.4. The highest BCUT2D eigenvalue weighted by Gasteiger charge is 2.19. The summed E-state index contributed by atoms with van der Waals surface area (Å²) in [4.78, 5) is 8.40. The summed E-state index contributed by atoms with van der Waals surface area (Å²) in [5.74, 6) is -0.853. The molecule has 0 atom stereocenters. The van der Waals surface area contributed by atoms with Crippen molar-refractivity contribution in [2.45, 2.75) is 20.4 Å². The van der Waals surface area contributed by atoms with Gasteiger partial charge in [0.1, 0.15) is 11.4 Å². The Hall–Kier alpha value is -4.13. The Kier molecular flexibility index (Phi) is 4.71. The highest BCUT2D eigenvalue weighted by Crippen LogP contribution is 2.28. The Balaban J connectivity index is 1.74. The molecule has 30 heavy (non-hydrogen) atoms. The number of aryl methyl sites for hydroxylation is 2. The van der Waals surface area contributed by atoms with Crippen molar-refractivity contribution in [1.82, 2.24) is 34.7 Å². The second-order valence-electron chi connectivity index (χ2n) is 6.89. The van der Waals surface area contributed by atoms with Crippen LogP contribution in [0.25, 0.3) is 22.8 Å². The molecular formula is C20H18FN9. The molecule has 0 fully saturated rings. The number of hydrogen-bond acceptors (Lipinski definition) is 7. The average Bonchev–Trinajstić information content (AvgIpc) is 3.30. The van der Waals surface area contributed by atoms with Crippen molar-refractivity contribution in [3.8, 4) is 28.8 Å². The summed E-state index contributed by atoms with van der Waals surface area (Å²) >= 11 is 0. The first-order valence-electron chi connectivity index (χ1n) is 9.10. The Morgan fingerprint density at radius 2 is 2.03 bits per heavy atom. The summed E-state index contributed by atoms with van der Waals surface area (Å²) in [6.07, 6.45) is 1.58. The molecular weight excluding hydrogens is 385 g/mol. The SMILES string of the molecule is Cc1c(C#N)cccc1-c1nc(N)c(F)c(-c2cn(Cc3cc(C)n(C)n3)nn2)n1. The summed E-state index contributed by atoms with van der Waals surface area (Å²) in [6, 6.07) is 9.22. The molecule has 0 unspecified atom stereocenters. The van der Waals surface area contributed by atoms with E-state index in [1.165, 1.54) is 0 Å². The van der Waals surface area contributed by atoms with Crippen LogP contribution >= 0.6 is 0 Å². The first-order valence-corrected chi connectivity index (χ1v) is 9.10. The van der Waals surface area contributed by atoms with E-state index in [4.69, 9.17) is 5.73 Å². The van der Waals surface area contributed by atoms with Crippen LogP contribution in [-0.2, 0) is 13.6 Å².